The number of hydrogen-bond acceptors (Lipinski definition) is 6. The zero-order valence-corrected chi connectivity index (χ0v) is 25.5. The molecule has 48 heavy (non-hydrogen) atoms. The summed E-state index contributed by atoms with van der Waals surface area (Å²) in [5, 5.41) is 5.30. The fourth-order valence-corrected chi connectivity index (χ4v) is 6.67. The lowest BCUT2D eigenvalue weighted by atomic mass is 10.0. The largest absolute Gasteiger partial charge is 0.455 e. The average molecular weight is 617 g/mol. The van der Waals surface area contributed by atoms with Crippen molar-refractivity contribution < 1.29 is 8.83 Å². The molecule has 0 aliphatic heterocycles. The Hall–Kier alpha value is -6.66. The topological polar surface area (TPSA) is 77.8 Å². The summed E-state index contributed by atoms with van der Waals surface area (Å²) >= 11 is 0. The lowest BCUT2D eigenvalue weighted by molar-refractivity contribution is 0.667. The van der Waals surface area contributed by atoms with E-state index >= 15 is 0 Å². The Morgan fingerprint density at radius 1 is 0.417 bits per heavy atom. The van der Waals surface area contributed by atoms with Crippen molar-refractivity contribution in [1.82, 2.24) is 19.9 Å². The van der Waals surface area contributed by atoms with Crippen LogP contribution in [0, 0.1) is 0 Å². The van der Waals surface area contributed by atoms with Crippen LogP contribution in [0.5, 0.6) is 0 Å². The van der Waals surface area contributed by atoms with Gasteiger partial charge in [-0.15, -0.1) is 0 Å². The predicted molar refractivity (Wildman–Crippen MR) is 191 cm³/mol. The van der Waals surface area contributed by atoms with Crippen LogP contribution in [0.1, 0.15) is 0 Å². The molecule has 4 heterocycles. The fourth-order valence-electron chi connectivity index (χ4n) is 6.67. The van der Waals surface area contributed by atoms with Gasteiger partial charge in [0.15, 0.2) is 23.1 Å². The van der Waals surface area contributed by atoms with E-state index in [0.29, 0.717) is 28.6 Å². The second-order valence-corrected chi connectivity index (χ2v) is 11.9. The molecular weight excluding hydrogens is 592 g/mol. The summed E-state index contributed by atoms with van der Waals surface area (Å²) in [6.45, 7) is 0. The third-order valence-electron chi connectivity index (χ3n) is 8.97. The molecule has 0 saturated heterocycles. The Morgan fingerprint density at radius 3 is 2.04 bits per heavy atom. The van der Waals surface area contributed by atoms with Gasteiger partial charge in [-0.1, -0.05) is 115 Å². The fraction of sp³-hybridized carbons (Fsp3) is 0. The normalized spacial score (nSPS) is 11.8. The quantitative estimate of drug-likeness (QED) is 0.196. The van der Waals surface area contributed by atoms with E-state index in [4.69, 9.17) is 28.8 Å². The van der Waals surface area contributed by atoms with E-state index < -0.39 is 0 Å². The van der Waals surface area contributed by atoms with Crippen molar-refractivity contribution in [2.45, 2.75) is 0 Å². The molecule has 0 saturated carbocycles. The molecule has 6 aromatic carbocycles. The molecule has 0 fully saturated rings. The zero-order chi connectivity index (χ0) is 31.6. The summed E-state index contributed by atoms with van der Waals surface area (Å²) in [7, 11) is 0. The highest BCUT2D eigenvalue weighted by Crippen LogP contribution is 2.40. The molecule has 0 radical (unpaired) electrons. The molecule has 0 spiro atoms. The van der Waals surface area contributed by atoms with Crippen LogP contribution in [-0.4, -0.2) is 19.9 Å². The van der Waals surface area contributed by atoms with E-state index in [2.05, 4.69) is 54.6 Å². The SMILES string of the molecule is c1ccc(-c2nc(-c3ccc4ccccc4c3)nc(-c3cccc4oc5cc(-c6cccc7c6oc6ccccc67)cnc5c34)n2)cc1. The molecule has 0 N–H and O–H groups in total. The Balaban J connectivity index is 1.16. The van der Waals surface area contributed by atoms with E-state index in [1.165, 1.54) is 0 Å². The highest BCUT2D eigenvalue weighted by Gasteiger charge is 2.20. The molecule has 0 unspecified atom stereocenters. The molecule has 4 aromatic heterocycles. The van der Waals surface area contributed by atoms with Gasteiger partial charge < -0.3 is 8.83 Å². The second-order valence-electron chi connectivity index (χ2n) is 11.9. The van der Waals surface area contributed by atoms with Crippen LogP contribution in [0.2, 0.25) is 0 Å². The second kappa shape index (κ2) is 10.4. The van der Waals surface area contributed by atoms with Gasteiger partial charge in [-0.3, -0.25) is 4.98 Å². The molecule has 10 rings (SSSR count). The average Bonchev–Trinajstić information content (AvgIpc) is 3.73. The maximum Gasteiger partial charge on any atom is 0.164 e. The number of nitrogens with zero attached hydrogens (tertiary/aromatic N) is 4. The van der Waals surface area contributed by atoms with Crippen molar-refractivity contribution in [3.05, 3.63) is 146 Å². The van der Waals surface area contributed by atoms with Crippen LogP contribution in [0.4, 0.5) is 0 Å². The van der Waals surface area contributed by atoms with Gasteiger partial charge in [-0.25, -0.2) is 15.0 Å². The maximum atomic E-state index is 6.46. The summed E-state index contributed by atoms with van der Waals surface area (Å²) in [4.78, 5) is 20.0. The lowest BCUT2D eigenvalue weighted by Crippen LogP contribution is -2.00. The van der Waals surface area contributed by atoms with Crippen molar-refractivity contribution in [3.8, 4) is 45.3 Å². The number of furan rings is 2. The summed E-state index contributed by atoms with van der Waals surface area (Å²) in [6, 6.07) is 46.9. The number of para-hydroxylation sites is 2. The van der Waals surface area contributed by atoms with Gasteiger partial charge in [-0.05, 0) is 35.0 Å². The van der Waals surface area contributed by atoms with Crippen LogP contribution in [0.25, 0.3) is 100 Å². The highest BCUT2D eigenvalue weighted by atomic mass is 16.3. The van der Waals surface area contributed by atoms with Crippen molar-refractivity contribution in [1.29, 1.82) is 0 Å². The van der Waals surface area contributed by atoms with E-state index in [0.717, 1.165) is 71.4 Å². The number of benzene rings is 6. The first-order chi connectivity index (χ1) is 23.8. The summed E-state index contributed by atoms with van der Waals surface area (Å²) in [5.74, 6) is 1.75. The van der Waals surface area contributed by atoms with Crippen molar-refractivity contribution in [3.63, 3.8) is 0 Å². The molecule has 0 aliphatic carbocycles. The zero-order valence-electron chi connectivity index (χ0n) is 25.5. The van der Waals surface area contributed by atoms with Crippen LogP contribution >= 0.6 is 0 Å². The van der Waals surface area contributed by atoms with E-state index in [1.807, 2.05) is 91.1 Å². The standard InChI is InChI=1S/C42H24N4O2/c1-2-11-26(12-3-1)40-44-41(28-21-20-25-10-4-5-13-27(25)22-28)46-42(45-40)33-17-9-19-35-37(33)38-36(47-35)23-29(24-43-38)30-15-8-16-32-31-14-6-7-18-34(31)48-39(30)32/h1-24H. The Labute approximate surface area is 274 Å². The summed E-state index contributed by atoms with van der Waals surface area (Å²) in [5.41, 5.74) is 8.35. The first-order valence-corrected chi connectivity index (χ1v) is 15.8. The van der Waals surface area contributed by atoms with Crippen LogP contribution in [0.3, 0.4) is 0 Å². The molecule has 6 heteroatoms. The Kier molecular flexibility index (Phi) is 5.77. The van der Waals surface area contributed by atoms with Gasteiger partial charge in [0.05, 0.1) is 5.39 Å². The molecule has 0 bridgehead atoms. The van der Waals surface area contributed by atoms with Gasteiger partial charge in [0, 0.05) is 44.8 Å². The smallest absolute Gasteiger partial charge is 0.164 e. The maximum absolute atomic E-state index is 6.46. The molecular formula is C42H24N4O2. The van der Waals surface area contributed by atoms with Crippen LogP contribution in [-0.2, 0) is 0 Å². The molecule has 0 aliphatic rings. The van der Waals surface area contributed by atoms with Gasteiger partial charge in [-0.2, -0.15) is 0 Å². The minimum absolute atomic E-state index is 0.554. The van der Waals surface area contributed by atoms with Gasteiger partial charge in [0.1, 0.15) is 22.3 Å². The number of pyridine rings is 1. The van der Waals surface area contributed by atoms with E-state index in [-0.39, 0.29) is 0 Å². The van der Waals surface area contributed by atoms with Crippen LogP contribution in [0.15, 0.2) is 155 Å². The Morgan fingerprint density at radius 2 is 1.12 bits per heavy atom. The van der Waals surface area contributed by atoms with Gasteiger partial charge >= 0.3 is 0 Å². The first-order valence-electron chi connectivity index (χ1n) is 15.8. The Bertz CT molecular complexity index is 2850. The lowest BCUT2D eigenvalue weighted by Gasteiger charge is -2.09. The number of rotatable bonds is 4. The van der Waals surface area contributed by atoms with Gasteiger partial charge in [0.25, 0.3) is 0 Å². The first kappa shape index (κ1) is 26.5. The minimum Gasteiger partial charge on any atom is -0.455 e. The van der Waals surface area contributed by atoms with Gasteiger partial charge in [0.2, 0.25) is 0 Å². The molecule has 10 aromatic rings. The molecule has 0 amide bonds. The molecule has 6 nitrogen and oxygen atoms in total. The minimum atomic E-state index is 0.554. The van der Waals surface area contributed by atoms with Crippen molar-refractivity contribution in [2.75, 3.05) is 0 Å². The third kappa shape index (κ3) is 4.20. The number of aromatic nitrogens is 4. The summed E-state index contributed by atoms with van der Waals surface area (Å²) < 4.78 is 12.8. The van der Waals surface area contributed by atoms with E-state index in [9.17, 15) is 0 Å². The third-order valence-corrected chi connectivity index (χ3v) is 8.97. The predicted octanol–water partition coefficient (Wildman–Crippen LogP) is 10.9. The highest BCUT2D eigenvalue weighted by molar-refractivity contribution is 6.12. The number of hydrogen-bond donors (Lipinski definition) is 0. The van der Waals surface area contributed by atoms with Crippen LogP contribution < -0.4 is 0 Å². The van der Waals surface area contributed by atoms with Crippen molar-refractivity contribution >= 4 is 54.8 Å². The van der Waals surface area contributed by atoms with Crippen molar-refractivity contribution in [2.24, 2.45) is 0 Å². The summed E-state index contributed by atoms with van der Waals surface area (Å²) in [6.07, 6.45) is 1.89. The molecule has 224 valence electrons. The monoisotopic (exact) mass is 616 g/mol. The van der Waals surface area contributed by atoms with E-state index in [1.54, 1.807) is 0 Å². The number of fused-ring (bicyclic) bond motifs is 7. The molecule has 0 atom stereocenters.